The Balaban J connectivity index is 2.46. The van der Waals surface area contributed by atoms with E-state index in [2.05, 4.69) is 5.32 Å². The van der Waals surface area contributed by atoms with E-state index in [-0.39, 0.29) is 6.42 Å². The zero-order valence-corrected chi connectivity index (χ0v) is 8.87. The van der Waals surface area contributed by atoms with E-state index < -0.39 is 24.7 Å². The van der Waals surface area contributed by atoms with Crippen LogP contribution in [0.2, 0.25) is 0 Å². The molecule has 0 aliphatic carbocycles. The SMILES string of the molecule is CNC(=O)OC1CCN(C)C(C(F)F)C1. The zero-order valence-electron chi connectivity index (χ0n) is 8.87. The number of alkyl carbamates (subject to hydrolysis) is 1. The van der Waals surface area contributed by atoms with E-state index in [0.29, 0.717) is 13.0 Å². The summed E-state index contributed by atoms with van der Waals surface area (Å²) in [6.07, 6.45) is -2.56. The number of nitrogens with one attached hydrogen (secondary N) is 1. The number of carbonyl (C=O) groups excluding carboxylic acids is 1. The van der Waals surface area contributed by atoms with Crippen molar-refractivity contribution in [2.75, 3.05) is 20.6 Å². The number of alkyl halides is 2. The van der Waals surface area contributed by atoms with Crippen molar-refractivity contribution < 1.29 is 18.3 Å². The summed E-state index contributed by atoms with van der Waals surface area (Å²) in [6, 6.07) is -0.812. The Labute approximate surface area is 87.6 Å². The van der Waals surface area contributed by atoms with Crippen LogP contribution < -0.4 is 5.32 Å². The molecule has 1 saturated heterocycles. The number of nitrogens with zero attached hydrogens (tertiary/aromatic N) is 1. The molecule has 2 unspecified atom stereocenters. The molecular weight excluding hydrogens is 206 g/mol. The maximum atomic E-state index is 12.6. The molecule has 6 heteroatoms. The molecule has 0 saturated carbocycles. The van der Waals surface area contributed by atoms with Gasteiger partial charge in [-0.3, -0.25) is 4.90 Å². The topological polar surface area (TPSA) is 41.6 Å². The van der Waals surface area contributed by atoms with Crippen LogP contribution in [0.3, 0.4) is 0 Å². The van der Waals surface area contributed by atoms with Crippen LogP contribution in [0.25, 0.3) is 0 Å². The van der Waals surface area contributed by atoms with Gasteiger partial charge < -0.3 is 10.1 Å². The first-order valence-corrected chi connectivity index (χ1v) is 4.91. The summed E-state index contributed by atoms with van der Waals surface area (Å²) in [4.78, 5) is 12.5. The van der Waals surface area contributed by atoms with Gasteiger partial charge in [0.25, 0.3) is 6.43 Å². The highest BCUT2D eigenvalue weighted by atomic mass is 19.3. The molecule has 2 atom stereocenters. The predicted octanol–water partition coefficient (Wildman–Crippen LogP) is 1.07. The van der Waals surface area contributed by atoms with Crippen LogP contribution in [-0.4, -0.2) is 50.2 Å². The van der Waals surface area contributed by atoms with E-state index >= 15 is 0 Å². The van der Waals surface area contributed by atoms with Gasteiger partial charge in [0.05, 0.1) is 6.04 Å². The van der Waals surface area contributed by atoms with Crippen molar-refractivity contribution in [2.24, 2.45) is 0 Å². The molecule has 0 aromatic rings. The normalized spacial score (nSPS) is 27.8. The van der Waals surface area contributed by atoms with Gasteiger partial charge in [-0.25, -0.2) is 13.6 Å². The molecule has 1 heterocycles. The largest absolute Gasteiger partial charge is 0.446 e. The molecule has 0 aromatic heterocycles. The average molecular weight is 222 g/mol. The molecule has 0 bridgehead atoms. The third-order valence-corrected chi connectivity index (χ3v) is 2.64. The number of amides is 1. The van der Waals surface area contributed by atoms with E-state index in [1.54, 1.807) is 11.9 Å². The van der Waals surface area contributed by atoms with Crippen LogP contribution in [-0.2, 0) is 4.74 Å². The number of rotatable bonds is 2. The molecule has 0 aromatic carbocycles. The molecule has 1 rings (SSSR count). The summed E-state index contributed by atoms with van der Waals surface area (Å²) >= 11 is 0. The van der Waals surface area contributed by atoms with Gasteiger partial charge in [-0.05, 0) is 13.5 Å². The number of carbonyl (C=O) groups is 1. The Morgan fingerprint density at radius 1 is 1.60 bits per heavy atom. The van der Waals surface area contributed by atoms with Crippen molar-refractivity contribution in [3.63, 3.8) is 0 Å². The molecule has 1 N–H and O–H groups in total. The summed E-state index contributed by atoms with van der Waals surface area (Å²) in [5.74, 6) is 0. The Kier molecular flexibility index (Phi) is 4.26. The van der Waals surface area contributed by atoms with Gasteiger partial charge in [0.1, 0.15) is 6.10 Å². The fraction of sp³-hybridized carbons (Fsp3) is 0.889. The van der Waals surface area contributed by atoms with Crippen LogP contribution in [0.15, 0.2) is 0 Å². The fourth-order valence-corrected chi connectivity index (χ4v) is 1.69. The number of halogens is 2. The van der Waals surface area contributed by atoms with Gasteiger partial charge in [0.15, 0.2) is 0 Å². The van der Waals surface area contributed by atoms with Gasteiger partial charge in [0, 0.05) is 20.0 Å². The van der Waals surface area contributed by atoms with Crippen molar-refractivity contribution in [3.8, 4) is 0 Å². The molecule has 1 aliphatic rings. The van der Waals surface area contributed by atoms with Gasteiger partial charge >= 0.3 is 6.09 Å². The second-order valence-corrected chi connectivity index (χ2v) is 3.68. The lowest BCUT2D eigenvalue weighted by atomic mass is 10.0. The first-order chi connectivity index (χ1) is 7.04. The maximum Gasteiger partial charge on any atom is 0.407 e. The molecule has 15 heavy (non-hydrogen) atoms. The molecule has 0 spiro atoms. The van der Waals surface area contributed by atoms with Crippen molar-refractivity contribution in [2.45, 2.75) is 31.4 Å². The summed E-state index contributed by atoms with van der Waals surface area (Å²) in [6.45, 7) is 0.524. The number of likely N-dealkylation sites (tertiary alicyclic amines) is 1. The zero-order chi connectivity index (χ0) is 11.4. The third kappa shape index (κ3) is 3.30. The molecule has 1 aliphatic heterocycles. The van der Waals surface area contributed by atoms with Gasteiger partial charge in [0.2, 0.25) is 0 Å². The lowest BCUT2D eigenvalue weighted by Gasteiger charge is -2.35. The number of piperidine rings is 1. The van der Waals surface area contributed by atoms with Crippen LogP contribution in [0.1, 0.15) is 12.8 Å². The fourth-order valence-electron chi connectivity index (χ4n) is 1.69. The van der Waals surface area contributed by atoms with E-state index in [0.717, 1.165) is 0 Å². The Hall–Kier alpha value is -0.910. The summed E-state index contributed by atoms with van der Waals surface area (Å²) in [5, 5.41) is 2.31. The Morgan fingerprint density at radius 2 is 2.27 bits per heavy atom. The minimum absolute atomic E-state index is 0.196. The van der Waals surface area contributed by atoms with E-state index in [4.69, 9.17) is 4.74 Å². The second kappa shape index (κ2) is 5.25. The lowest BCUT2D eigenvalue weighted by molar-refractivity contribution is -0.0297. The lowest BCUT2D eigenvalue weighted by Crippen LogP contribution is -2.47. The maximum absolute atomic E-state index is 12.6. The van der Waals surface area contributed by atoms with Crippen LogP contribution >= 0.6 is 0 Å². The molecule has 1 amide bonds. The van der Waals surface area contributed by atoms with E-state index in [1.807, 2.05) is 0 Å². The molecular formula is C9H16F2N2O2. The first kappa shape index (κ1) is 12.2. The number of hydrogen-bond donors (Lipinski definition) is 1. The number of ether oxygens (including phenoxy) is 1. The minimum atomic E-state index is -2.40. The second-order valence-electron chi connectivity index (χ2n) is 3.68. The van der Waals surface area contributed by atoms with Crippen LogP contribution in [0.5, 0.6) is 0 Å². The highest BCUT2D eigenvalue weighted by Gasteiger charge is 2.33. The highest BCUT2D eigenvalue weighted by molar-refractivity contribution is 5.66. The molecule has 1 fully saturated rings. The van der Waals surface area contributed by atoms with E-state index in [9.17, 15) is 13.6 Å². The smallest absolute Gasteiger partial charge is 0.407 e. The third-order valence-electron chi connectivity index (χ3n) is 2.64. The summed E-state index contributed by atoms with van der Waals surface area (Å²) in [7, 11) is 3.11. The van der Waals surface area contributed by atoms with Crippen LogP contribution in [0, 0.1) is 0 Å². The highest BCUT2D eigenvalue weighted by Crippen LogP contribution is 2.23. The Morgan fingerprint density at radius 3 is 2.80 bits per heavy atom. The Bertz CT molecular complexity index is 226. The van der Waals surface area contributed by atoms with Gasteiger partial charge in [-0.15, -0.1) is 0 Å². The quantitative estimate of drug-likeness (QED) is 0.760. The van der Waals surface area contributed by atoms with Gasteiger partial charge in [-0.2, -0.15) is 0 Å². The monoisotopic (exact) mass is 222 g/mol. The first-order valence-electron chi connectivity index (χ1n) is 4.91. The summed E-state index contributed by atoms with van der Waals surface area (Å²) in [5.41, 5.74) is 0. The van der Waals surface area contributed by atoms with E-state index in [1.165, 1.54) is 7.05 Å². The van der Waals surface area contributed by atoms with Gasteiger partial charge in [-0.1, -0.05) is 0 Å². The van der Waals surface area contributed by atoms with Crippen molar-refractivity contribution in [3.05, 3.63) is 0 Å². The summed E-state index contributed by atoms with van der Waals surface area (Å²) < 4.78 is 30.1. The standard InChI is InChI=1S/C9H16F2N2O2/c1-12-9(14)15-6-3-4-13(2)7(5-6)8(10)11/h6-8H,3-5H2,1-2H3,(H,12,14). The van der Waals surface area contributed by atoms with Crippen LogP contribution in [0.4, 0.5) is 13.6 Å². The number of hydrogen-bond acceptors (Lipinski definition) is 3. The molecule has 4 nitrogen and oxygen atoms in total. The van der Waals surface area contributed by atoms with Crippen molar-refractivity contribution in [1.29, 1.82) is 0 Å². The average Bonchev–Trinajstić information content (AvgIpc) is 2.20. The minimum Gasteiger partial charge on any atom is -0.446 e. The van der Waals surface area contributed by atoms with Crippen molar-refractivity contribution in [1.82, 2.24) is 10.2 Å². The molecule has 88 valence electrons. The van der Waals surface area contributed by atoms with Crippen molar-refractivity contribution >= 4 is 6.09 Å². The predicted molar refractivity (Wildman–Crippen MR) is 51.0 cm³/mol. The molecule has 0 radical (unpaired) electrons.